The van der Waals surface area contributed by atoms with Crippen LogP contribution in [0.2, 0.25) is 0 Å². The molecule has 0 fully saturated rings. The summed E-state index contributed by atoms with van der Waals surface area (Å²) in [6.07, 6.45) is 0.576. The van der Waals surface area contributed by atoms with E-state index in [1.165, 1.54) is 0 Å². The molecule has 0 aliphatic heterocycles. The van der Waals surface area contributed by atoms with Crippen LogP contribution in [0.1, 0.15) is 12.5 Å². The average Bonchev–Trinajstić information content (AvgIpc) is 2.52. The zero-order valence-electron chi connectivity index (χ0n) is 12.6. The van der Waals surface area contributed by atoms with E-state index in [1.54, 1.807) is 7.11 Å². The van der Waals surface area contributed by atoms with Gasteiger partial charge in [-0.25, -0.2) is 0 Å². The van der Waals surface area contributed by atoms with Crippen LogP contribution >= 0.6 is 0 Å². The predicted molar refractivity (Wildman–Crippen MR) is 85.4 cm³/mol. The third kappa shape index (κ3) is 3.34. The number of fused-ring (bicyclic) bond motifs is 1. The number of nitrogens with one attached hydrogen (secondary N) is 1. The Morgan fingerprint density at radius 1 is 1.29 bits per heavy atom. The summed E-state index contributed by atoms with van der Waals surface area (Å²) in [5, 5.41) is 5.09. The number of carbonyl (C=O) groups excluding carboxylic acids is 1. The summed E-state index contributed by atoms with van der Waals surface area (Å²) >= 11 is 0. The molecule has 1 amide bonds. The molecule has 0 heterocycles. The zero-order valence-corrected chi connectivity index (χ0v) is 12.6. The van der Waals surface area contributed by atoms with Crippen LogP contribution in [0.25, 0.3) is 10.8 Å². The Bertz CT molecular complexity index is 625. The molecular formula is C17H22N2O2. The highest BCUT2D eigenvalue weighted by atomic mass is 16.5. The van der Waals surface area contributed by atoms with E-state index in [4.69, 9.17) is 10.5 Å². The van der Waals surface area contributed by atoms with Gasteiger partial charge in [0, 0.05) is 18.7 Å². The second-order valence-electron chi connectivity index (χ2n) is 5.00. The molecule has 0 radical (unpaired) electrons. The van der Waals surface area contributed by atoms with Crippen LogP contribution in [0.5, 0.6) is 5.75 Å². The van der Waals surface area contributed by atoms with Crippen LogP contribution in [0.4, 0.5) is 0 Å². The molecule has 1 unspecified atom stereocenters. The molecule has 2 rings (SSSR count). The Kier molecular flexibility index (Phi) is 5.17. The predicted octanol–water partition coefficient (Wildman–Crippen LogP) is 2.10. The first-order valence-electron chi connectivity index (χ1n) is 7.23. The van der Waals surface area contributed by atoms with Crippen molar-refractivity contribution in [3.63, 3.8) is 0 Å². The first-order chi connectivity index (χ1) is 10.2. The van der Waals surface area contributed by atoms with Gasteiger partial charge in [0.2, 0.25) is 5.91 Å². The van der Waals surface area contributed by atoms with Crippen molar-refractivity contribution in [1.82, 2.24) is 5.32 Å². The fourth-order valence-corrected chi connectivity index (χ4v) is 2.57. The Labute approximate surface area is 125 Å². The van der Waals surface area contributed by atoms with Crippen molar-refractivity contribution in [1.29, 1.82) is 0 Å². The SMILES string of the molecule is CCNC(=O)C(CN)Cc1c(OC)ccc2ccccc12. The van der Waals surface area contributed by atoms with Crippen LogP contribution in [0.15, 0.2) is 36.4 Å². The largest absolute Gasteiger partial charge is 0.496 e. The van der Waals surface area contributed by atoms with Gasteiger partial charge in [0.25, 0.3) is 0 Å². The van der Waals surface area contributed by atoms with E-state index >= 15 is 0 Å². The third-order valence-corrected chi connectivity index (χ3v) is 3.67. The van der Waals surface area contributed by atoms with Gasteiger partial charge in [-0.2, -0.15) is 0 Å². The first-order valence-corrected chi connectivity index (χ1v) is 7.23. The molecule has 112 valence electrons. The summed E-state index contributed by atoms with van der Waals surface area (Å²) in [6.45, 7) is 2.84. The summed E-state index contributed by atoms with van der Waals surface area (Å²) in [6, 6.07) is 12.1. The standard InChI is InChI=1S/C17H22N2O2/c1-3-19-17(20)13(11-18)10-15-14-7-5-4-6-12(14)8-9-16(15)21-2/h4-9,13H,3,10-11,18H2,1-2H3,(H,19,20). The van der Waals surface area contributed by atoms with E-state index in [0.717, 1.165) is 22.1 Å². The van der Waals surface area contributed by atoms with Crippen LogP contribution in [0.3, 0.4) is 0 Å². The van der Waals surface area contributed by atoms with Crippen molar-refractivity contribution in [2.75, 3.05) is 20.2 Å². The maximum Gasteiger partial charge on any atom is 0.224 e. The van der Waals surface area contributed by atoms with E-state index in [2.05, 4.69) is 17.4 Å². The second-order valence-corrected chi connectivity index (χ2v) is 5.00. The number of nitrogens with two attached hydrogens (primary N) is 1. The van der Waals surface area contributed by atoms with E-state index in [-0.39, 0.29) is 11.8 Å². The Morgan fingerprint density at radius 2 is 2.05 bits per heavy atom. The molecule has 21 heavy (non-hydrogen) atoms. The molecule has 0 aromatic heterocycles. The highest BCUT2D eigenvalue weighted by Gasteiger charge is 2.20. The summed E-state index contributed by atoms with van der Waals surface area (Å²) in [4.78, 5) is 12.1. The van der Waals surface area contributed by atoms with Gasteiger partial charge >= 0.3 is 0 Å². The summed E-state index contributed by atoms with van der Waals surface area (Å²) in [5.74, 6) is 0.552. The van der Waals surface area contributed by atoms with E-state index in [0.29, 0.717) is 19.5 Å². The number of methoxy groups -OCH3 is 1. The lowest BCUT2D eigenvalue weighted by Crippen LogP contribution is -2.36. The Morgan fingerprint density at radius 3 is 2.71 bits per heavy atom. The number of carbonyl (C=O) groups is 1. The maximum absolute atomic E-state index is 12.1. The van der Waals surface area contributed by atoms with Gasteiger partial charge in [-0.15, -0.1) is 0 Å². The van der Waals surface area contributed by atoms with Crippen molar-refractivity contribution < 1.29 is 9.53 Å². The lowest BCUT2D eigenvalue weighted by molar-refractivity contribution is -0.124. The molecule has 0 spiro atoms. The van der Waals surface area contributed by atoms with Crippen molar-refractivity contribution in [2.24, 2.45) is 11.7 Å². The molecule has 2 aromatic rings. The molecule has 0 saturated heterocycles. The van der Waals surface area contributed by atoms with Gasteiger partial charge in [0.05, 0.1) is 13.0 Å². The number of benzene rings is 2. The molecule has 0 bridgehead atoms. The third-order valence-electron chi connectivity index (χ3n) is 3.67. The van der Waals surface area contributed by atoms with Crippen LogP contribution in [-0.2, 0) is 11.2 Å². The minimum absolute atomic E-state index is 0.00464. The first kappa shape index (κ1) is 15.3. The lowest BCUT2D eigenvalue weighted by atomic mass is 9.93. The fraction of sp³-hybridized carbons (Fsp3) is 0.353. The van der Waals surface area contributed by atoms with Crippen molar-refractivity contribution in [2.45, 2.75) is 13.3 Å². The molecule has 2 aromatic carbocycles. The summed E-state index contributed by atoms with van der Waals surface area (Å²) in [5.41, 5.74) is 6.82. The number of hydrogen-bond donors (Lipinski definition) is 2. The molecule has 4 nitrogen and oxygen atoms in total. The van der Waals surface area contributed by atoms with Gasteiger partial charge < -0.3 is 15.8 Å². The second kappa shape index (κ2) is 7.09. The van der Waals surface area contributed by atoms with Gasteiger partial charge in [-0.05, 0) is 30.2 Å². The Hall–Kier alpha value is -2.07. The number of ether oxygens (including phenoxy) is 1. The molecule has 4 heteroatoms. The van der Waals surface area contributed by atoms with Crippen molar-refractivity contribution >= 4 is 16.7 Å². The molecule has 3 N–H and O–H groups in total. The molecular weight excluding hydrogens is 264 g/mol. The van der Waals surface area contributed by atoms with Gasteiger partial charge in [-0.3, -0.25) is 4.79 Å². The van der Waals surface area contributed by atoms with Gasteiger partial charge in [-0.1, -0.05) is 30.3 Å². The number of hydrogen-bond acceptors (Lipinski definition) is 3. The smallest absolute Gasteiger partial charge is 0.224 e. The van der Waals surface area contributed by atoms with E-state index in [1.807, 2.05) is 31.2 Å². The lowest BCUT2D eigenvalue weighted by Gasteiger charge is -2.18. The topological polar surface area (TPSA) is 64.4 Å². The molecule has 0 aliphatic carbocycles. The highest BCUT2D eigenvalue weighted by molar-refractivity contribution is 5.89. The fourth-order valence-electron chi connectivity index (χ4n) is 2.57. The minimum atomic E-state index is -0.246. The van der Waals surface area contributed by atoms with E-state index < -0.39 is 0 Å². The molecule has 0 aliphatic rings. The Balaban J connectivity index is 2.41. The monoisotopic (exact) mass is 286 g/mol. The average molecular weight is 286 g/mol. The van der Waals surface area contributed by atoms with Crippen LogP contribution < -0.4 is 15.8 Å². The molecule has 0 saturated carbocycles. The van der Waals surface area contributed by atoms with Crippen molar-refractivity contribution in [3.05, 3.63) is 42.0 Å². The van der Waals surface area contributed by atoms with Crippen molar-refractivity contribution in [3.8, 4) is 5.75 Å². The van der Waals surface area contributed by atoms with Crippen LogP contribution in [-0.4, -0.2) is 26.1 Å². The summed E-state index contributed by atoms with van der Waals surface area (Å²) < 4.78 is 5.47. The molecule has 1 atom stereocenters. The maximum atomic E-state index is 12.1. The number of amides is 1. The minimum Gasteiger partial charge on any atom is -0.496 e. The normalized spacial score (nSPS) is 12.1. The van der Waals surface area contributed by atoms with E-state index in [9.17, 15) is 4.79 Å². The van der Waals surface area contributed by atoms with Crippen LogP contribution in [0, 0.1) is 5.92 Å². The zero-order chi connectivity index (χ0) is 15.2. The van der Waals surface area contributed by atoms with Gasteiger partial charge in [0.1, 0.15) is 5.75 Å². The summed E-state index contributed by atoms with van der Waals surface area (Å²) in [7, 11) is 1.65. The highest BCUT2D eigenvalue weighted by Crippen LogP contribution is 2.30. The quantitative estimate of drug-likeness (QED) is 0.854. The number of rotatable bonds is 6. The van der Waals surface area contributed by atoms with Gasteiger partial charge in [0.15, 0.2) is 0 Å².